The van der Waals surface area contributed by atoms with Gasteiger partial charge in [-0.05, 0) is 13.0 Å². The van der Waals surface area contributed by atoms with Gasteiger partial charge in [0.15, 0.2) is 0 Å². The SMILES string of the molecule is NC1CCN(CC(F)(F)C(F)F)C1. The molecule has 13 heavy (non-hydrogen) atoms. The lowest BCUT2D eigenvalue weighted by Crippen LogP contribution is -2.41. The van der Waals surface area contributed by atoms with Gasteiger partial charge in [-0.15, -0.1) is 0 Å². The molecule has 0 aromatic carbocycles. The van der Waals surface area contributed by atoms with Gasteiger partial charge >= 0.3 is 12.3 Å². The number of rotatable bonds is 3. The second-order valence-corrected chi connectivity index (χ2v) is 3.35. The molecule has 0 amide bonds. The number of alkyl halides is 4. The Bertz CT molecular complexity index is 174. The molecule has 1 saturated heterocycles. The van der Waals surface area contributed by atoms with Gasteiger partial charge in [0.2, 0.25) is 0 Å². The molecule has 0 aromatic heterocycles. The van der Waals surface area contributed by atoms with E-state index in [0.717, 1.165) is 0 Å². The van der Waals surface area contributed by atoms with Crippen LogP contribution in [0.3, 0.4) is 0 Å². The molecule has 78 valence electrons. The number of halogens is 4. The Morgan fingerprint density at radius 3 is 2.46 bits per heavy atom. The first kappa shape index (κ1) is 10.7. The lowest BCUT2D eigenvalue weighted by molar-refractivity contribution is -0.140. The number of nitrogens with zero attached hydrogens (tertiary/aromatic N) is 1. The second kappa shape index (κ2) is 3.79. The predicted octanol–water partition coefficient (Wildman–Crippen LogP) is 0.920. The van der Waals surface area contributed by atoms with Gasteiger partial charge in [0.25, 0.3) is 0 Å². The van der Waals surface area contributed by atoms with Gasteiger partial charge in [-0.1, -0.05) is 0 Å². The maximum atomic E-state index is 12.5. The molecule has 1 heterocycles. The predicted molar refractivity (Wildman–Crippen MR) is 40.0 cm³/mol. The van der Waals surface area contributed by atoms with E-state index in [1.54, 1.807) is 0 Å². The summed E-state index contributed by atoms with van der Waals surface area (Å²) in [6, 6.07) is -0.159. The quantitative estimate of drug-likeness (QED) is 0.686. The van der Waals surface area contributed by atoms with Gasteiger partial charge < -0.3 is 5.73 Å². The summed E-state index contributed by atoms with van der Waals surface area (Å²) in [5.41, 5.74) is 5.45. The van der Waals surface area contributed by atoms with Crippen molar-refractivity contribution in [1.82, 2.24) is 4.90 Å². The van der Waals surface area contributed by atoms with Crippen molar-refractivity contribution in [2.75, 3.05) is 19.6 Å². The molecule has 0 aliphatic carbocycles. The normalized spacial score (nSPS) is 25.8. The highest BCUT2D eigenvalue weighted by Gasteiger charge is 2.43. The standard InChI is InChI=1S/C7H12F4N2/c8-6(9)7(10,11)4-13-2-1-5(12)3-13/h5-6H,1-4,12H2. The van der Waals surface area contributed by atoms with Crippen molar-refractivity contribution in [1.29, 1.82) is 0 Å². The molecule has 1 unspecified atom stereocenters. The Balaban J connectivity index is 2.40. The van der Waals surface area contributed by atoms with Gasteiger partial charge in [-0.3, -0.25) is 4.90 Å². The van der Waals surface area contributed by atoms with E-state index in [1.165, 1.54) is 4.90 Å². The van der Waals surface area contributed by atoms with Crippen molar-refractivity contribution < 1.29 is 17.6 Å². The fourth-order valence-electron chi connectivity index (χ4n) is 1.37. The van der Waals surface area contributed by atoms with Crippen LogP contribution in [-0.4, -0.2) is 42.9 Å². The summed E-state index contributed by atoms with van der Waals surface area (Å²) in [4.78, 5) is 1.27. The third-order valence-electron chi connectivity index (χ3n) is 2.06. The van der Waals surface area contributed by atoms with E-state index in [2.05, 4.69) is 0 Å². The molecule has 2 nitrogen and oxygen atoms in total. The minimum absolute atomic E-state index is 0.159. The van der Waals surface area contributed by atoms with Gasteiger partial charge in [0, 0.05) is 12.6 Å². The third-order valence-corrected chi connectivity index (χ3v) is 2.06. The monoisotopic (exact) mass is 200 g/mol. The van der Waals surface area contributed by atoms with Crippen molar-refractivity contribution in [2.24, 2.45) is 5.73 Å². The van der Waals surface area contributed by atoms with Crippen LogP contribution in [0.15, 0.2) is 0 Å². The van der Waals surface area contributed by atoms with E-state index in [0.29, 0.717) is 13.0 Å². The lowest BCUT2D eigenvalue weighted by Gasteiger charge is -2.22. The number of hydrogen-bond acceptors (Lipinski definition) is 2. The first-order chi connectivity index (χ1) is 5.92. The summed E-state index contributed by atoms with van der Waals surface area (Å²) in [5.74, 6) is -3.91. The molecule has 0 radical (unpaired) electrons. The molecule has 1 fully saturated rings. The van der Waals surface area contributed by atoms with E-state index in [9.17, 15) is 17.6 Å². The molecule has 2 N–H and O–H groups in total. The largest absolute Gasteiger partial charge is 0.326 e. The Morgan fingerprint density at radius 1 is 1.46 bits per heavy atom. The highest BCUT2D eigenvalue weighted by Crippen LogP contribution is 2.25. The van der Waals surface area contributed by atoms with Gasteiger partial charge in [0.1, 0.15) is 0 Å². The van der Waals surface area contributed by atoms with E-state index in [-0.39, 0.29) is 12.6 Å². The number of nitrogens with two attached hydrogens (primary N) is 1. The van der Waals surface area contributed by atoms with Crippen molar-refractivity contribution in [3.05, 3.63) is 0 Å². The van der Waals surface area contributed by atoms with Crippen LogP contribution in [0, 0.1) is 0 Å². The van der Waals surface area contributed by atoms with Crippen LogP contribution in [-0.2, 0) is 0 Å². The van der Waals surface area contributed by atoms with Crippen LogP contribution >= 0.6 is 0 Å². The Hall–Kier alpha value is -0.360. The smallest absolute Gasteiger partial charge is 0.319 e. The van der Waals surface area contributed by atoms with Crippen LogP contribution in [0.2, 0.25) is 0 Å². The zero-order valence-corrected chi connectivity index (χ0v) is 7.02. The average Bonchev–Trinajstić information content (AvgIpc) is 2.34. The Kier molecular flexibility index (Phi) is 3.13. The van der Waals surface area contributed by atoms with Crippen LogP contribution in [0.4, 0.5) is 17.6 Å². The molecule has 6 heteroatoms. The summed E-state index contributed by atoms with van der Waals surface area (Å²) in [7, 11) is 0. The number of likely N-dealkylation sites (tertiary alicyclic amines) is 1. The Morgan fingerprint density at radius 2 is 2.08 bits per heavy atom. The fraction of sp³-hybridized carbons (Fsp3) is 1.00. The molecule has 0 bridgehead atoms. The topological polar surface area (TPSA) is 29.3 Å². The van der Waals surface area contributed by atoms with E-state index in [4.69, 9.17) is 5.73 Å². The van der Waals surface area contributed by atoms with Crippen molar-refractivity contribution in [2.45, 2.75) is 24.8 Å². The zero-order chi connectivity index (χ0) is 10.1. The first-order valence-electron chi connectivity index (χ1n) is 4.06. The fourth-order valence-corrected chi connectivity index (χ4v) is 1.37. The van der Waals surface area contributed by atoms with Crippen LogP contribution in [0.25, 0.3) is 0 Å². The molecule has 0 aromatic rings. The molecule has 1 atom stereocenters. The van der Waals surface area contributed by atoms with Gasteiger partial charge in [-0.2, -0.15) is 8.78 Å². The first-order valence-corrected chi connectivity index (χ1v) is 4.06. The molecular formula is C7H12F4N2. The van der Waals surface area contributed by atoms with E-state index >= 15 is 0 Å². The highest BCUT2D eigenvalue weighted by atomic mass is 19.3. The minimum atomic E-state index is -3.91. The van der Waals surface area contributed by atoms with Crippen molar-refractivity contribution in [3.63, 3.8) is 0 Å². The number of hydrogen-bond donors (Lipinski definition) is 1. The van der Waals surface area contributed by atoms with Crippen LogP contribution < -0.4 is 5.73 Å². The highest BCUT2D eigenvalue weighted by molar-refractivity contribution is 4.83. The van der Waals surface area contributed by atoms with Crippen molar-refractivity contribution >= 4 is 0 Å². The lowest BCUT2D eigenvalue weighted by atomic mass is 10.3. The van der Waals surface area contributed by atoms with E-state index in [1.807, 2.05) is 0 Å². The maximum Gasteiger partial charge on any atom is 0.319 e. The summed E-state index contributed by atoms with van der Waals surface area (Å²) < 4.78 is 48.5. The summed E-state index contributed by atoms with van der Waals surface area (Å²) >= 11 is 0. The maximum absolute atomic E-state index is 12.5. The Labute approximate surface area is 73.7 Å². The molecule has 1 rings (SSSR count). The molecule has 1 aliphatic heterocycles. The van der Waals surface area contributed by atoms with Crippen molar-refractivity contribution in [3.8, 4) is 0 Å². The van der Waals surface area contributed by atoms with E-state index < -0.39 is 18.9 Å². The van der Waals surface area contributed by atoms with Gasteiger partial charge in [0.05, 0.1) is 6.54 Å². The molecule has 1 aliphatic rings. The summed E-state index contributed by atoms with van der Waals surface area (Å²) in [6.07, 6.45) is -3.00. The third kappa shape index (κ3) is 2.80. The van der Waals surface area contributed by atoms with Crippen LogP contribution in [0.1, 0.15) is 6.42 Å². The molecule has 0 saturated carbocycles. The zero-order valence-electron chi connectivity index (χ0n) is 7.02. The summed E-state index contributed by atoms with van der Waals surface area (Å²) in [5, 5.41) is 0. The molecular weight excluding hydrogens is 188 g/mol. The second-order valence-electron chi connectivity index (χ2n) is 3.35. The average molecular weight is 200 g/mol. The summed E-state index contributed by atoms with van der Waals surface area (Å²) in [6.45, 7) is -0.232. The van der Waals surface area contributed by atoms with Gasteiger partial charge in [-0.25, -0.2) is 8.78 Å². The molecule has 0 spiro atoms. The van der Waals surface area contributed by atoms with Crippen LogP contribution in [0.5, 0.6) is 0 Å². The minimum Gasteiger partial charge on any atom is -0.326 e.